The molecule has 2 rings (SSSR count). The number of aliphatic hydroxyl groups is 1. The normalized spacial score (nSPS) is 9.22. The van der Waals surface area contributed by atoms with Crippen molar-refractivity contribution < 1.29 is 9.90 Å². The third-order valence-corrected chi connectivity index (χ3v) is 2.21. The highest BCUT2D eigenvalue weighted by Crippen LogP contribution is 2.11. The van der Waals surface area contributed by atoms with E-state index < -0.39 is 0 Å². The van der Waals surface area contributed by atoms with Gasteiger partial charge in [0, 0.05) is 23.4 Å². The Kier molecular flexibility index (Phi) is 5.61. The zero-order valence-corrected chi connectivity index (χ0v) is 10.3. The topological polar surface area (TPSA) is 63.3 Å². The third kappa shape index (κ3) is 4.03. The second kappa shape index (κ2) is 7.25. The monoisotopic (exact) mass is 243 g/mol. The molecule has 0 bridgehead atoms. The number of hydrogen-bond donors (Lipinski definition) is 2. The molecule has 3 heteroatoms. The van der Waals surface area contributed by atoms with Gasteiger partial charge >= 0.3 is 0 Å². The molecule has 0 aliphatic carbocycles. The highest BCUT2D eigenvalue weighted by Gasteiger charge is 2.06. The molecule has 18 heavy (non-hydrogen) atoms. The number of nitrogens with two attached hydrogens (primary N) is 1. The van der Waals surface area contributed by atoms with Crippen LogP contribution in [0.4, 0.5) is 5.69 Å². The van der Waals surface area contributed by atoms with Crippen molar-refractivity contribution in [1.82, 2.24) is 0 Å². The summed E-state index contributed by atoms with van der Waals surface area (Å²) >= 11 is 0. The third-order valence-electron chi connectivity index (χ3n) is 2.21. The lowest BCUT2D eigenvalue weighted by molar-refractivity contribution is 0.103. The highest BCUT2D eigenvalue weighted by molar-refractivity contribution is 6.09. The first-order valence-electron chi connectivity index (χ1n) is 5.75. The molecular weight excluding hydrogens is 226 g/mol. The number of carbonyl (C=O) groups excluding carboxylic acids is 1. The number of benzene rings is 2. The first kappa shape index (κ1) is 13.9. The van der Waals surface area contributed by atoms with E-state index in [1.165, 1.54) is 0 Å². The second-order valence-corrected chi connectivity index (χ2v) is 3.63. The maximum atomic E-state index is 11.9. The average molecular weight is 243 g/mol. The van der Waals surface area contributed by atoms with Crippen molar-refractivity contribution in [1.29, 1.82) is 0 Å². The minimum Gasteiger partial charge on any atom is -0.399 e. The Morgan fingerprint density at radius 1 is 1.00 bits per heavy atom. The van der Waals surface area contributed by atoms with E-state index in [0.29, 0.717) is 16.8 Å². The molecule has 0 unspecified atom stereocenters. The van der Waals surface area contributed by atoms with Gasteiger partial charge in [-0.15, -0.1) is 0 Å². The summed E-state index contributed by atoms with van der Waals surface area (Å²) in [5.74, 6) is 0.0237. The Bertz CT molecular complexity index is 478. The van der Waals surface area contributed by atoms with Crippen LogP contribution in [-0.4, -0.2) is 17.5 Å². The second-order valence-electron chi connectivity index (χ2n) is 3.63. The minimum absolute atomic E-state index is 0.0237. The Morgan fingerprint density at radius 2 is 1.44 bits per heavy atom. The van der Waals surface area contributed by atoms with Gasteiger partial charge in [-0.05, 0) is 31.2 Å². The molecule has 3 nitrogen and oxygen atoms in total. The number of anilines is 1. The zero-order chi connectivity index (χ0) is 13.4. The molecular formula is C15H17NO2. The average Bonchev–Trinajstić information content (AvgIpc) is 2.41. The Labute approximate surface area is 107 Å². The summed E-state index contributed by atoms with van der Waals surface area (Å²) < 4.78 is 0. The fourth-order valence-corrected chi connectivity index (χ4v) is 1.39. The molecule has 0 atom stereocenters. The number of rotatable bonds is 2. The van der Waals surface area contributed by atoms with E-state index in [1.54, 1.807) is 43.3 Å². The Balaban J connectivity index is 0.000000492. The maximum absolute atomic E-state index is 11.9. The first-order valence-corrected chi connectivity index (χ1v) is 5.75. The molecule has 0 aliphatic heterocycles. The van der Waals surface area contributed by atoms with E-state index in [-0.39, 0.29) is 12.4 Å². The molecule has 0 aliphatic rings. The van der Waals surface area contributed by atoms with Crippen LogP contribution in [0.3, 0.4) is 0 Å². The van der Waals surface area contributed by atoms with Gasteiger partial charge in [0.05, 0.1) is 0 Å². The van der Waals surface area contributed by atoms with E-state index in [1.807, 2.05) is 18.2 Å². The van der Waals surface area contributed by atoms with E-state index in [9.17, 15) is 4.79 Å². The van der Waals surface area contributed by atoms with Crippen molar-refractivity contribution in [2.45, 2.75) is 6.92 Å². The summed E-state index contributed by atoms with van der Waals surface area (Å²) in [7, 11) is 0. The van der Waals surface area contributed by atoms with Crippen molar-refractivity contribution in [3.05, 3.63) is 65.7 Å². The quantitative estimate of drug-likeness (QED) is 0.629. The van der Waals surface area contributed by atoms with Crippen LogP contribution in [0, 0.1) is 0 Å². The van der Waals surface area contributed by atoms with Crippen molar-refractivity contribution in [2.75, 3.05) is 12.3 Å². The fraction of sp³-hybridized carbons (Fsp3) is 0.133. The lowest BCUT2D eigenvalue weighted by atomic mass is 10.0. The molecule has 94 valence electrons. The van der Waals surface area contributed by atoms with Crippen LogP contribution in [0.25, 0.3) is 0 Å². The summed E-state index contributed by atoms with van der Waals surface area (Å²) in [5.41, 5.74) is 7.58. The van der Waals surface area contributed by atoms with Crippen LogP contribution in [0.1, 0.15) is 22.8 Å². The summed E-state index contributed by atoms with van der Waals surface area (Å²) in [4.78, 5) is 11.9. The van der Waals surface area contributed by atoms with E-state index in [0.717, 1.165) is 0 Å². The van der Waals surface area contributed by atoms with Gasteiger partial charge in [0.15, 0.2) is 5.78 Å². The largest absolute Gasteiger partial charge is 0.399 e. The lowest BCUT2D eigenvalue weighted by Gasteiger charge is -2.00. The van der Waals surface area contributed by atoms with E-state index >= 15 is 0 Å². The number of nitrogen functional groups attached to an aromatic ring is 1. The number of ketones is 1. The molecule has 3 N–H and O–H groups in total. The predicted molar refractivity (Wildman–Crippen MR) is 73.5 cm³/mol. The predicted octanol–water partition coefficient (Wildman–Crippen LogP) is 2.50. The fourth-order valence-electron chi connectivity index (χ4n) is 1.39. The van der Waals surface area contributed by atoms with Gasteiger partial charge < -0.3 is 10.8 Å². The molecule has 0 saturated carbocycles. The van der Waals surface area contributed by atoms with Gasteiger partial charge in [-0.3, -0.25) is 4.79 Å². The Morgan fingerprint density at radius 3 is 1.94 bits per heavy atom. The standard InChI is InChI=1S/C13H11NO.C2H6O/c14-12-8-6-11(7-9-12)13(15)10-4-2-1-3-5-10;1-2-3/h1-9H,14H2;3H,2H2,1H3. The van der Waals surface area contributed by atoms with Gasteiger partial charge in [-0.2, -0.15) is 0 Å². The molecule has 0 aromatic heterocycles. The van der Waals surface area contributed by atoms with Crippen LogP contribution in [0.2, 0.25) is 0 Å². The summed E-state index contributed by atoms with van der Waals surface area (Å²) in [6.07, 6.45) is 0. The van der Waals surface area contributed by atoms with Gasteiger partial charge in [-0.1, -0.05) is 30.3 Å². The minimum atomic E-state index is 0.0237. The maximum Gasteiger partial charge on any atom is 0.193 e. The van der Waals surface area contributed by atoms with Crippen LogP contribution in [-0.2, 0) is 0 Å². The smallest absolute Gasteiger partial charge is 0.193 e. The van der Waals surface area contributed by atoms with E-state index in [2.05, 4.69) is 0 Å². The summed E-state index contributed by atoms with van der Waals surface area (Å²) in [6.45, 7) is 1.93. The van der Waals surface area contributed by atoms with Crippen molar-refractivity contribution >= 4 is 11.5 Å². The zero-order valence-electron chi connectivity index (χ0n) is 10.3. The summed E-state index contributed by atoms with van der Waals surface area (Å²) in [6, 6.07) is 16.1. The van der Waals surface area contributed by atoms with Crippen molar-refractivity contribution in [3.63, 3.8) is 0 Å². The van der Waals surface area contributed by atoms with Crippen LogP contribution >= 0.6 is 0 Å². The Hall–Kier alpha value is -2.13. The molecule has 2 aromatic carbocycles. The molecule has 0 radical (unpaired) electrons. The van der Waals surface area contributed by atoms with Crippen molar-refractivity contribution in [3.8, 4) is 0 Å². The highest BCUT2D eigenvalue weighted by atomic mass is 16.2. The molecule has 0 spiro atoms. The lowest BCUT2D eigenvalue weighted by Crippen LogP contribution is -2.00. The summed E-state index contributed by atoms with van der Waals surface area (Å²) in [5, 5.41) is 7.57. The molecule has 0 heterocycles. The molecule has 2 aromatic rings. The van der Waals surface area contributed by atoms with Crippen molar-refractivity contribution in [2.24, 2.45) is 0 Å². The molecule has 0 saturated heterocycles. The van der Waals surface area contributed by atoms with Gasteiger partial charge in [0.25, 0.3) is 0 Å². The number of carbonyl (C=O) groups is 1. The van der Waals surface area contributed by atoms with Crippen LogP contribution < -0.4 is 5.73 Å². The van der Waals surface area contributed by atoms with Gasteiger partial charge in [-0.25, -0.2) is 0 Å². The van der Waals surface area contributed by atoms with Gasteiger partial charge in [0.2, 0.25) is 0 Å². The van der Waals surface area contributed by atoms with Gasteiger partial charge in [0.1, 0.15) is 0 Å². The first-order chi connectivity index (χ1) is 8.69. The van der Waals surface area contributed by atoms with Crippen LogP contribution in [0.5, 0.6) is 0 Å². The number of hydrogen-bond acceptors (Lipinski definition) is 3. The van der Waals surface area contributed by atoms with E-state index in [4.69, 9.17) is 10.8 Å². The molecule has 0 fully saturated rings. The van der Waals surface area contributed by atoms with Crippen LogP contribution in [0.15, 0.2) is 54.6 Å². The number of aliphatic hydroxyl groups excluding tert-OH is 1. The molecule has 0 amide bonds. The SMILES string of the molecule is CCO.Nc1ccc(C(=O)c2ccccc2)cc1.